The maximum Gasteiger partial charge on any atom is 0.109 e. The monoisotopic (exact) mass is 237 g/mol. The Morgan fingerprint density at radius 2 is 2.24 bits per heavy atom. The third-order valence-electron chi connectivity index (χ3n) is 2.49. The molecule has 0 saturated heterocycles. The second kappa shape index (κ2) is 4.99. The molecule has 0 unspecified atom stereocenters. The van der Waals surface area contributed by atoms with Crippen molar-refractivity contribution in [3.8, 4) is 0 Å². The number of rotatable bonds is 5. The molecule has 0 bridgehead atoms. The van der Waals surface area contributed by atoms with Crippen LogP contribution in [0.4, 0.5) is 10.1 Å². The highest BCUT2D eigenvalue weighted by atomic mass is 19.1. The SMILES string of the molecule is Cc1nn(CCF)cc1NCc1ccn(C)n1. The maximum absolute atomic E-state index is 12.2. The van der Waals surface area contributed by atoms with E-state index in [4.69, 9.17) is 0 Å². The van der Waals surface area contributed by atoms with E-state index in [1.54, 1.807) is 9.36 Å². The fourth-order valence-corrected chi connectivity index (χ4v) is 1.64. The summed E-state index contributed by atoms with van der Waals surface area (Å²) < 4.78 is 15.5. The van der Waals surface area contributed by atoms with Crippen molar-refractivity contribution in [2.75, 3.05) is 12.0 Å². The Kier molecular flexibility index (Phi) is 3.41. The molecule has 0 saturated carbocycles. The number of anilines is 1. The van der Waals surface area contributed by atoms with Crippen molar-refractivity contribution in [1.82, 2.24) is 19.6 Å². The molecule has 17 heavy (non-hydrogen) atoms. The lowest BCUT2D eigenvalue weighted by atomic mass is 10.3. The summed E-state index contributed by atoms with van der Waals surface area (Å²) in [6.07, 6.45) is 3.72. The minimum atomic E-state index is -0.402. The minimum absolute atomic E-state index is 0.298. The standard InChI is InChI=1S/C11H16FN5/c1-9-11(8-17(14-9)6-4-12)13-7-10-3-5-16(2)15-10/h3,5,8,13H,4,6-7H2,1-2H3. The van der Waals surface area contributed by atoms with Crippen LogP contribution in [0.5, 0.6) is 0 Å². The first-order chi connectivity index (χ1) is 8.19. The Balaban J connectivity index is 1.98. The van der Waals surface area contributed by atoms with Crippen LogP contribution in [0.15, 0.2) is 18.5 Å². The molecule has 0 aliphatic rings. The summed E-state index contributed by atoms with van der Waals surface area (Å²) in [5.74, 6) is 0. The summed E-state index contributed by atoms with van der Waals surface area (Å²) in [7, 11) is 1.88. The molecule has 0 spiro atoms. The average Bonchev–Trinajstić information content (AvgIpc) is 2.83. The highest BCUT2D eigenvalue weighted by Crippen LogP contribution is 2.13. The van der Waals surface area contributed by atoms with Crippen molar-refractivity contribution in [2.45, 2.75) is 20.0 Å². The molecular formula is C11H16FN5. The lowest BCUT2D eigenvalue weighted by Crippen LogP contribution is -2.01. The summed E-state index contributed by atoms with van der Waals surface area (Å²) in [5.41, 5.74) is 2.75. The zero-order valence-electron chi connectivity index (χ0n) is 10.0. The molecule has 1 N–H and O–H groups in total. The third kappa shape index (κ3) is 2.83. The van der Waals surface area contributed by atoms with Crippen molar-refractivity contribution in [3.05, 3.63) is 29.8 Å². The summed E-state index contributed by atoms with van der Waals surface area (Å²) in [4.78, 5) is 0. The van der Waals surface area contributed by atoms with Gasteiger partial charge in [0.15, 0.2) is 0 Å². The summed E-state index contributed by atoms with van der Waals surface area (Å²) >= 11 is 0. The molecule has 0 fully saturated rings. The molecule has 2 rings (SSSR count). The van der Waals surface area contributed by atoms with Crippen LogP contribution in [0.2, 0.25) is 0 Å². The fraction of sp³-hybridized carbons (Fsp3) is 0.455. The zero-order valence-corrected chi connectivity index (χ0v) is 10.0. The third-order valence-corrected chi connectivity index (χ3v) is 2.49. The van der Waals surface area contributed by atoms with E-state index in [0.29, 0.717) is 13.1 Å². The molecule has 0 radical (unpaired) electrons. The molecule has 5 nitrogen and oxygen atoms in total. The fourth-order valence-electron chi connectivity index (χ4n) is 1.64. The summed E-state index contributed by atoms with van der Waals surface area (Å²) in [6.45, 7) is 2.44. The van der Waals surface area contributed by atoms with Crippen LogP contribution in [0.3, 0.4) is 0 Å². The van der Waals surface area contributed by atoms with Gasteiger partial charge in [-0.2, -0.15) is 10.2 Å². The Labute approximate surface area is 99.2 Å². The molecule has 0 amide bonds. The van der Waals surface area contributed by atoms with Gasteiger partial charge >= 0.3 is 0 Å². The first-order valence-corrected chi connectivity index (χ1v) is 5.51. The largest absolute Gasteiger partial charge is 0.377 e. The van der Waals surface area contributed by atoms with Gasteiger partial charge in [-0.05, 0) is 13.0 Å². The summed E-state index contributed by atoms with van der Waals surface area (Å²) in [6, 6.07) is 1.95. The Morgan fingerprint density at radius 1 is 1.41 bits per heavy atom. The normalized spacial score (nSPS) is 10.8. The molecular weight excluding hydrogens is 221 g/mol. The molecule has 0 aliphatic carbocycles. The van der Waals surface area contributed by atoms with E-state index < -0.39 is 6.67 Å². The van der Waals surface area contributed by atoms with E-state index in [-0.39, 0.29) is 0 Å². The van der Waals surface area contributed by atoms with E-state index in [9.17, 15) is 4.39 Å². The first-order valence-electron chi connectivity index (χ1n) is 5.51. The van der Waals surface area contributed by atoms with Crippen molar-refractivity contribution in [2.24, 2.45) is 7.05 Å². The van der Waals surface area contributed by atoms with Gasteiger partial charge in [0.2, 0.25) is 0 Å². The molecule has 2 aromatic rings. The lowest BCUT2D eigenvalue weighted by molar-refractivity contribution is 0.426. The van der Waals surface area contributed by atoms with Gasteiger partial charge in [0, 0.05) is 19.4 Å². The number of aromatic nitrogens is 4. The van der Waals surface area contributed by atoms with Crippen molar-refractivity contribution < 1.29 is 4.39 Å². The molecule has 2 heterocycles. The van der Waals surface area contributed by atoms with Gasteiger partial charge in [-0.25, -0.2) is 4.39 Å². The van der Waals surface area contributed by atoms with Gasteiger partial charge < -0.3 is 5.32 Å². The van der Waals surface area contributed by atoms with Crippen LogP contribution in [0.25, 0.3) is 0 Å². The zero-order chi connectivity index (χ0) is 12.3. The van der Waals surface area contributed by atoms with E-state index in [1.165, 1.54) is 0 Å². The minimum Gasteiger partial charge on any atom is -0.377 e. The van der Waals surface area contributed by atoms with Crippen LogP contribution < -0.4 is 5.32 Å². The number of halogens is 1. The number of nitrogens with one attached hydrogen (secondary N) is 1. The van der Waals surface area contributed by atoms with Crippen molar-refractivity contribution >= 4 is 5.69 Å². The molecule has 6 heteroatoms. The summed E-state index contributed by atoms with van der Waals surface area (Å²) in [5, 5.41) is 11.7. The van der Waals surface area contributed by atoms with Crippen LogP contribution in [0.1, 0.15) is 11.4 Å². The number of alkyl halides is 1. The van der Waals surface area contributed by atoms with Gasteiger partial charge in [-0.1, -0.05) is 0 Å². The Hall–Kier alpha value is -1.85. The second-order valence-corrected chi connectivity index (χ2v) is 3.91. The molecule has 0 aromatic carbocycles. The average molecular weight is 237 g/mol. The Bertz CT molecular complexity index is 488. The number of aryl methyl sites for hydroxylation is 3. The van der Waals surface area contributed by atoms with Crippen LogP contribution in [-0.2, 0) is 20.1 Å². The predicted molar refractivity (Wildman–Crippen MR) is 63.5 cm³/mol. The van der Waals surface area contributed by atoms with Gasteiger partial charge in [-0.3, -0.25) is 9.36 Å². The second-order valence-electron chi connectivity index (χ2n) is 3.91. The van der Waals surface area contributed by atoms with Gasteiger partial charge in [-0.15, -0.1) is 0 Å². The number of hydrogen-bond donors (Lipinski definition) is 1. The highest BCUT2D eigenvalue weighted by Gasteiger charge is 2.05. The quantitative estimate of drug-likeness (QED) is 0.857. The van der Waals surface area contributed by atoms with Crippen molar-refractivity contribution in [3.63, 3.8) is 0 Å². The lowest BCUT2D eigenvalue weighted by Gasteiger charge is -2.01. The number of hydrogen-bond acceptors (Lipinski definition) is 3. The predicted octanol–water partition coefficient (Wildman–Crippen LogP) is 1.51. The Morgan fingerprint density at radius 3 is 2.88 bits per heavy atom. The van der Waals surface area contributed by atoms with Gasteiger partial charge in [0.1, 0.15) is 6.67 Å². The molecule has 0 aliphatic heterocycles. The van der Waals surface area contributed by atoms with E-state index in [1.807, 2.05) is 32.4 Å². The van der Waals surface area contributed by atoms with Gasteiger partial charge in [0.25, 0.3) is 0 Å². The van der Waals surface area contributed by atoms with Crippen LogP contribution in [-0.4, -0.2) is 26.2 Å². The molecule has 0 atom stereocenters. The first kappa shape index (κ1) is 11.6. The number of nitrogens with zero attached hydrogens (tertiary/aromatic N) is 4. The molecule has 2 aromatic heterocycles. The highest BCUT2D eigenvalue weighted by molar-refractivity contribution is 5.45. The van der Waals surface area contributed by atoms with E-state index >= 15 is 0 Å². The van der Waals surface area contributed by atoms with Gasteiger partial charge in [0.05, 0.1) is 30.2 Å². The van der Waals surface area contributed by atoms with Crippen LogP contribution >= 0.6 is 0 Å². The topological polar surface area (TPSA) is 47.7 Å². The van der Waals surface area contributed by atoms with Crippen molar-refractivity contribution in [1.29, 1.82) is 0 Å². The molecule has 92 valence electrons. The maximum atomic E-state index is 12.2. The van der Waals surface area contributed by atoms with E-state index in [2.05, 4.69) is 15.5 Å². The van der Waals surface area contributed by atoms with E-state index in [0.717, 1.165) is 17.1 Å². The van der Waals surface area contributed by atoms with Crippen LogP contribution in [0, 0.1) is 6.92 Å². The smallest absolute Gasteiger partial charge is 0.109 e.